The fourth-order valence-electron chi connectivity index (χ4n) is 4.13. The molecule has 0 aliphatic carbocycles. The summed E-state index contributed by atoms with van der Waals surface area (Å²) in [6.07, 6.45) is 3.50. The van der Waals surface area contributed by atoms with E-state index in [0.717, 1.165) is 38.9 Å². The molecule has 1 aliphatic rings. The van der Waals surface area contributed by atoms with Gasteiger partial charge in [0.05, 0.1) is 24.0 Å². The van der Waals surface area contributed by atoms with Gasteiger partial charge in [-0.1, -0.05) is 23.7 Å². The molecule has 9 heteroatoms. The third-order valence-electron chi connectivity index (χ3n) is 6.13. The number of pyridine rings is 1. The fraction of sp³-hybridized carbons (Fsp3) is 0.240. The van der Waals surface area contributed by atoms with Crippen LogP contribution in [0.4, 0.5) is 5.69 Å². The lowest BCUT2D eigenvalue weighted by molar-refractivity contribution is -0.118. The second-order valence-corrected chi connectivity index (χ2v) is 9.91. The first-order valence-corrected chi connectivity index (χ1v) is 12.1. The third kappa shape index (κ3) is 3.82. The van der Waals surface area contributed by atoms with Crippen LogP contribution in [0.25, 0.3) is 5.00 Å². The maximum atomic E-state index is 13.3. The van der Waals surface area contributed by atoms with Gasteiger partial charge in [0.15, 0.2) is 5.82 Å². The highest BCUT2D eigenvalue weighted by molar-refractivity contribution is 7.15. The molecule has 0 spiro atoms. The minimum Gasteiger partial charge on any atom is -0.314 e. The van der Waals surface area contributed by atoms with Gasteiger partial charge in [0.1, 0.15) is 16.9 Å². The van der Waals surface area contributed by atoms with Gasteiger partial charge < -0.3 is 4.90 Å². The zero-order valence-electron chi connectivity index (χ0n) is 19.3. The Morgan fingerprint density at radius 2 is 1.91 bits per heavy atom. The number of aryl methyl sites for hydroxylation is 2. The van der Waals surface area contributed by atoms with Gasteiger partial charge in [-0.05, 0) is 50.6 Å². The summed E-state index contributed by atoms with van der Waals surface area (Å²) >= 11 is 7.86. The first-order chi connectivity index (χ1) is 16.3. The van der Waals surface area contributed by atoms with E-state index >= 15 is 0 Å². The summed E-state index contributed by atoms with van der Waals surface area (Å²) in [7, 11) is 1.75. The molecule has 5 rings (SSSR count). The molecule has 4 heterocycles. The van der Waals surface area contributed by atoms with Gasteiger partial charge in [-0.15, -0.1) is 21.5 Å². The van der Waals surface area contributed by atoms with E-state index in [9.17, 15) is 4.79 Å². The summed E-state index contributed by atoms with van der Waals surface area (Å²) in [5.41, 5.74) is 4.71. The number of carbonyl (C=O) groups excluding carboxylic acids is 1. The highest BCUT2D eigenvalue weighted by Crippen LogP contribution is 2.39. The second-order valence-electron chi connectivity index (χ2n) is 8.27. The van der Waals surface area contributed by atoms with Crippen LogP contribution in [-0.4, -0.2) is 38.4 Å². The molecule has 0 N–H and O–H groups in total. The maximum absolute atomic E-state index is 13.3. The number of nitrogens with zero attached hydrogens (tertiary/aromatic N) is 6. The van der Waals surface area contributed by atoms with Gasteiger partial charge in [0.2, 0.25) is 5.91 Å². The first kappa shape index (κ1) is 22.4. The maximum Gasteiger partial charge on any atom is 0.229 e. The molecule has 0 saturated carbocycles. The van der Waals surface area contributed by atoms with Crippen LogP contribution in [0.3, 0.4) is 0 Å². The molecule has 1 atom stereocenters. The zero-order chi connectivity index (χ0) is 24.0. The lowest BCUT2D eigenvalue weighted by Crippen LogP contribution is -2.28. The van der Waals surface area contributed by atoms with Crippen LogP contribution in [0.5, 0.6) is 0 Å². The monoisotopic (exact) mass is 490 g/mol. The van der Waals surface area contributed by atoms with Crippen LogP contribution in [0.2, 0.25) is 5.02 Å². The van der Waals surface area contributed by atoms with Crippen molar-refractivity contribution in [2.75, 3.05) is 11.9 Å². The van der Waals surface area contributed by atoms with E-state index in [0.29, 0.717) is 10.8 Å². The molecule has 0 radical (unpaired) electrons. The normalized spacial score (nSPS) is 14.7. The van der Waals surface area contributed by atoms with Crippen molar-refractivity contribution in [2.45, 2.75) is 33.2 Å². The Morgan fingerprint density at radius 3 is 2.62 bits per heavy atom. The Hall–Kier alpha value is -3.36. The number of carbonyl (C=O) groups is 1. The van der Waals surface area contributed by atoms with Crippen molar-refractivity contribution in [3.8, 4) is 5.00 Å². The van der Waals surface area contributed by atoms with E-state index in [-0.39, 0.29) is 12.3 Å². The molecule has 1 aliphatic heterocycles. The van der Waals surface area contributed by atoms with Crippen molar-refractivity contribution in [3.05, 3.63) is 87.0 Å². The van der Waals surface area contributed by atoms with Gasteiger partial charge in [-0.2, -0.15) is 0 Å². The number of hydrogen-bond acceptors (Lipinski definition) is 6. The summed E-state index contributed by atoms with van der Waals surface area (Å²) in [5.74, 6) is 1.35. The Labute approximate surface area is 206 Å². The molecule has 172 valence electrons. The summed E-state index contributed by atoms with van der Waals surface area (Å²) in [4.78, 5) is 25.4. The van der Waals surface area contributed by atoms with Crippen LogP contribution in [0.15, 0.2) is 53.8 Å². The third-order valence-corrected chi connectivity index (χ3v) is 7.58. The Morgan fingerprint density at radius 1 is 1.15 bits per heavy atom. The van der Waals surface area contributed by atoms with Crippen molar-refractivity contribution in [2.24, 2.45) is 4.99 Å². The van der Waals surface area contributed by atoms with Crippen LogP contribution in [0.1, 0.15) is 45.7 Å². The minimum absolute atomic E-state index is 0.0810. The number of anilines is 1. The van der Waals surface area contributed by atoms with E-state index in [1.54, 1.807) is 35.7 Å². The highest BCUT2D eigenvalue weighted by Gasteiger charge is 2.33. The summed E-state index contributed by atoms with van der Waals surface area (Å²) in [5, 5.41) is 10.5. The quantitative estimate of drug-likeness (QED) is 0.391. The van der Waals surface area contributed by atoms with Gasteiger partial charge in [0, 0.05) is 34.3 Å². The predicted octanol–water partition coefficient (Wildman–Crippen LogP) is 5.25. The molecular weight excluding hydrogens is 468 g/mol. The van der Waals surface area contributed by atoms with E-state index < -0.39 is 6.04 Å². The number of aromatic nitrogens is 4. The lowest BCUT2D eigenvalue weighted by Gasteiger charge is -2.19. The molecule has 0 bridgehead atoms. The van der Waals surface area contributed by atoms with Crippen LogP contribution < -0.4 is 4.90 Å². The summed E-state index contributed by atoms with van der Waals surface area (Å²) in [6.45, 7) is 6.15. The second kappa shape index (κ2) is 8.77. The molecule has 4 aromatic rings. The van der Waals surface area contributed by atoms with Crippen LogP contribution in [0, 0.1) is 20.8 Å². The topological polar surface area (TPSA) is 76.3 Å². The molecule has 1 amide bonds. The number of amides is 1. The standard InChI is InChI=1S/C25H23ClN6OS/c1-14-15(2)34-25-22(14)23(17-7-9-18(26)10-8-17)28-20(24-30-29-16(3)32(24)25)12-21(33)31(4)19-6-5-11-27-13-19/h5-11,13,20H,12H2,1-4H3. The van der Waals surface area contributed by atoms with Crippen LogP contribution >= 0.6 is 22.9 Å². The summed E-state index contributed by atoms with van der Waals surface area (Å²) < 4.78 is 2.05. The van der Waals surface area contributed by atoms with E-state index in [1.807, 2.05) is 43.3 Å². The smallest absolute Gasteiger partial charge is 0.229 e. The minimum atomic E-state index is -0.502. The molecule has 3 aromatic heterocycles. The van der Waals surface area contributed by atoms with Crippen molar-refractivity contribution in [1.29, 1.82) is 0 Å². The number of thiophene rings is 1. The predicted molar refractivity (Wildman–Crippen MR) is 136 cm³/mol. The number of fused-ring (bicyclic) bond motifs is 3. The molecule has 0 saturated heterocycles. The average molecular weight is 491 g/mol. The van der Waals surface area contributed by atoms with Crippen molar-refractivity contribution >= 4 is 40.2 Å². The van der Waals surface area contributed by atoms with Gasteiger partial charge >= 0.3 is 0 Å². The SMILES string of the molecule is Cc1sc2c(c1C)C(c1ccc(Cl)cc1)=NC(CC(=O)N(C)c1cccnc1)c1nnc(C)n1-2. The zero-order valence-corrected chi connectivity index (χ0v) is 20.9. The Kier molecular flexibility index (Phi) is 5.79. The number of benzene rings is 1. The van der Waals surface area contributed by atoms with Crippen molar-refractivity contribution in [3.63, 3.8) is 0 Å². The molecule has 1 unspecified atom stereocenters. The number of halogens is 1. The molecular formula is C25H23ClN6OS. The first-order valence-electron chi connectivity index (χ1n) is 10.9. The molecule has 34 heavy (non-hydrogen) atoms. The Bertz CT molecular complexity index is 1410. The highest BCUT2D eigenvalue weighted by atomic mass is 35.5. The lowest BCUT2D eigenvalue weighted by atomic mass is 9.99. The van der Waals surface area contributed by atoms with Crippen molar-refractivity contribution in [1.82, 2.24) is 19.7 Å². The largest absolute Gasteiger partial charge is 0.314 e. The molecule has 1 aromatic carbocycles. The van der Waals surface area contributed by atoms with Gasteiger partial charge in [-0.25, -0.2) is 0 Å². The number of rotatable bonds is 4. The average Bonchev–Trinajstić information content (AvgIpc) is 3.31. The number of aliphatic imine (C=N–C) groups is 1. The van der Waals surface area contributed by atoms with E-state index in [4.69, 9.17) is 16.6 Å². The van der Waals surface area contributed by atoms with E-state index in [1.165, 1.54) is 4.88 Å². The van der Waals surface area contributed by atoms with Crippen LogP contribution in [-0.2, 0) is 4.79 Å². The van der Waals surface area contributed by atoms with E-state index in [2.05, 4.69) is 33.6 Å². The fourth-order valence-corrected chi connectivity index (χ4v) is 5.47. The molecule has 7 nitrogen and oxygen atoms in total. The van der Waals surface area contributed by atoms with Gasteiger partial charge in [0.25, 0.3) is 0 Å². The summed E-state index contributed by atoms with van der Waals surface area (Å²) in [6, 6.07) is 10.8. The van der Waals surface area contributed by atoms with Gasteiger partial charge in [-0.3, -0.25) is 19.3 Å². The Balaban J connectivity index is 1.65. The van der Waals surface area contributed by atoms with Crippen molar-refractivity contribution < 1.29 is 4.79 Å². The number of hydrogen-bond donors (Lipinski definition) is 0. The molecule has 0 fully saturated rings.